The molecule has 0 unspecified atom stereocenters. The molecule has 0 bridgehead atoms. The number of hydrogen-bond donors (Lipinski definition) is 0. The molecule has 2 rings (SSSR count). The zero-order valence-corrected chi connectivity index (χ0v) is 6.48. The number of rotatable bonds is 0. The van der Waals surface area contributed by atoms with E-state index in [0.29, 0.717) is 5.96 Å². The van der Waals surface area contributed by atoms with Crippen molar-refractivity contribution in [2.75, 3.05) is 0 Å². The molecule has 2 aliphatic rings. The van der Waals surface area contributed by atoms with Gasteiger partial charge in [-0.15, -0.1) is 8.31 Å². The van der Waals surface area contributed by atoms with E-state index in [-0.39, 0.29) is 21.0 Å². The molecule has 4 nitrogen and oxygen atoms in total. The van der Waals surface area contributed by atoms with Gasteiger partial charge in [0.1, 0.15) is 0 Å². The van der Waals surface area contributed by atoms with Crippen molar-refractivity contribution in [3.05, 3.63) is 0 Å². The molecule has 0 aromatic rings. The maximum Gasteiger partial charge on any atom is 0.451 e. The second-order valence-corrected chi connectivity index (χ2v) is 2.86. The van der Waals surface area contributed by atoms with Crippen molar-refractivity contribution >= 4 is 43.5 Å². The maximum absolute atomic E-state index is 4.09. The third-order valence-electron chi connectivity index (χ3n) is 0.864. The minimum absolute atomic E-state index is 0.275. The largest absolute Gasteiger partial charge is 0.451 e. The lowest BCUT2D eigenvalue weighted by atomic mass is 10.7. The summed E-state index contributed by atoms with van der Waals surface area (Å²) in [5, 5.41) is 5.53. The summed E-state index contributed by atoms with van der Waals surface area (Å²) in [7, 11) is 0. The Kier molecular flexibility index (Phi) is 1.10. The molecule has 0 aliphatic carbocycles. The first-order valence-electron chi connectivity index (χ1n) is 2.30. The van der Waals surface area contributed by atoms with E-state index in [1.807, 2.05) is 0 Å². The van der Waals surface area contributed by atoms with E-state index in [1.54, 1.807) is 17.4 Å². The SMILES string of the molecule is [C+]1=IN=C2N=CC=NN12. The number of aliphatic imine (C=N–C) groups is 1. The lowest BCUT2D eigenvalue weighted by Crippen LogP contribution is -2.21. The quantitative estimate of drug-likeness (QED) is 0.436. The van der Waals surface area contributed by atoms with Gasteiger partial charge in [0, 0.05) is 5.01 Å². The highest BCUT2D eigenvalue weighted by atomic mass is 127. The predicted molar refractivity (Wildman–Crippen MR) is 45.3 cm³/mol. The fourth-order valence-electron chi connectivity index (χ4n) is 0.513. The molecule has 5 heteroatoms. The number of halogens is 1. The van der Waals surface area contributed by atoms with Crippen LogP contribution in [-0.4, -0.2) is 27.5 Å². The summed E-state index contributed by atoms with van der Waals surface area (Å²) in [6, 6.07) is 0. The highest BCUT2D eigenvalue weighted by Crippen LogP contribution is 2.12. The van der Waals surface area contributed by atoms with Gasteiger partial charge in [0.25, 0.3) is 0 Å². The Morgan fingerprint density at radius 2 is 2.56 bits per heavy atom. The second-order valence-electron chi connectivity index (χ2n) is 1.41. The van der Waals surface area contributed by atoms with Gasteiger partial charge in [-0.1, -0.05) is 0 Å². The van der Waals surface area contributed by atoms with Crippen molar-refractivity contribution in [2.45, 2.75) is 0 Å². The normalized spacial score (nSPS) is 20.4. The van der Waals surface area contributed by atoms with Gasteiger partial charge in [-0.25, -0.2) is 4.99 Å². The lowest BCUT2D eigenvalue weighted by Gasteiger charge is -1.96. The molecule has 2 aliphatic heterocycles. The van der Waals surface area contributed by atoms with Crippen molar-refractivity contribution < 1.29 is 0 Å². The minimum Gasteiger partial charge on any atom is -0.214 e. The van der Waals surface area contributed by atoms with Crippen LogP contribution in [0.15, 0.2) is 13.3 Å². The average molecular weight is 233 g/mol. The Hall–Kier alpha value is -0.680. The molecule has 0 amide bonds. The maximum atomic E-state index is 4.09. The van der Waals surface area contributed by atoms with Gasteiger partial charge in [0.05, 0.1) is 12.4 Å². The van der Waals surface area contributed by atoms with E-state index < -0.39 is 0 Å². The van der Waals surface area contributed by atoms with Crippen molar-refractivity contribution in [3.63, 3.8) is 0 Å². The summed E-state index contributed by atoms with van der Waals surface area (Å²) in [5.41, 5.74) is 0. The Balaban J connectivity index is 2.40. The summed E-state index contributed by atoms with van der Waals surface area (Å²) in [5.74, 6) is 0.685. The molecule has 0 N–H and O–H groups in total. The summed E-state index contributed by atoms with van der Waals surface area (Å²) in [4.78, 5) is 3.96. The number of hydrogen-bond acceptors (Lipinski definition) is 4. The third-order valence-corrected chi connectivity index (χ3v) is 2.21. The van der Waals surface area contributed by atoms with Crippen LogP contribution in [0, 0.1) is 0 Å². The van der Waals surface area contributed by atoms with Crippen molar-refractivity contribution in [1.82, 2.24) is 5.01 Å². The van der Waals surface area contributed by atoms with Gasteiger partial charge in [-0.2, -0.15) is 0 Å². The highest BCUT2D eigenvalue weighted by molar-refractivity contribution is 14.2. The first kappa shape index (κ1) is 5.13. The molecule has 2 heterocycles. The summed E-state index contributed by atoms with van der Waals surface area (Å²) in [6.07, 6.45) is 3.26. The van der Waals surface area contributed by atoms with E-state index in [0.717, 1.165) is 0 Å². The van der Waals surface area contributed by atoms with Gasteiger partial charge in [0.2, 0.25) is 0 Å². The fourth-order valence-corrected chi connectivity index (χ4v) is 1.71. The first-order chi connectivity index (χ1) is 4.47. The Morgan fingerprint density at radius 1 is 1.56 bits per heavy atom. The van der Waals surface area contributed by atoms with Crippen LogP contribution in [0.25, 0.3) is 0 Å². The summed E-state index contributed by atoms with van der Waals surface area (Å²) < 4.78 is 7.07. The van der Waals surface area contributed by atoms with Gasteiger partial charge in [-0.05, 0) is 0 Å². The molecule has 0 aromatic heterocycles. The third kappa shape index (κ3) is 0.778. The molecular weight excluding hydrogens is 231 g/mol. The standard InChI is InChI=1S/C4H2IN4/c1-2-7-9-3-5-8-4(9)6-1/h1-2H/q+1. The number of guanidine groups is 1. The molecule has 0 spiro atoms. The van der Waals surface area contributed by atoms with Crippen molar-refractivity contribution in [2.24, 2.45) is 13.3 Å². The molecule has 0 saturated carbocycles. The molecule has 0 atom stereocenters. The monoisotopic (exact) mass is 233 g/mol. The summed E-state index contributed by atoms with van der Waals surface area (Å²) >= 11 is -0.275. The van der Waals surface area contributed by atoms with E-state index in [1.165, 1.54) is 0 Å². The van der Waals surface area contributed by atoms with Gasteiger partial charge in [-0.3, -0.25) is 0 Å². The number of nitrogens with zero attached hydrogens (tertiary/aromatic N) is 4. The molecule has 0 saturated heterocycles. The zero-order valence-electron chi connectivity index (χ0n) is 4.32. The fraction of sp³-hybridized carbons (Fsp3) is 0. The molecule has 0 aromatic carbocycles. The van der Waals surface area contributed by atoms with Crippen LogP contribution in [0.2, 0.25) is 0 Å². The Labute approximate surface area is 62.1 Å². The lowest BCUT2D eigenvalue weighted by molar-refractivity contribution is 0.690. The van der Waals surface area contributed by atoms with Gasteiger partial charge in [0.15, 0.2) is 0 Å². The first-order valence-corrected chi connectivity index (χ1v) is 4.35. The molecule has 0 fully saturated rings. The van der Waals surface area contributed by atoms with Crippen molar-refractivity contribution in [3.8, 4) is 0 Å². The molecule has 44 valence electrons. The van der Waals surface area contributed by atoms with Crippen LogP contribution in [0.1, 0.15) is 0 Å². The van der Waals surface area contributed by atoms with Crippen LogP contribution in [0.4, 0.5) is 0 Å². The topological polar surface area (TPSA) is 40.3 Å². The smallest absolute Gasteiger partial charge is 0.214 e. The van der Waals surface area contributed by atoms with Crippen LogP contribution in [-0.2, 0) is 0 Å². The number of hydrazone groups is 1. The van der Waals surface area contributed by atoms with E-state index in [4.69, 9.17) is 0 Å². The highest BCUT2D eigenvalue weighted by Gasteiger charge is 2.26. The van der Waals surface area contributed by atoms with Crippen LogP contribution in [0.5, 0.6) is 0 Å². The van der Waals surface area contributed by atoms with E-state index in [2.05, 4.69) is 17.4 Å². The van der Waals surface area contributed by atoms with Crippen LogP contribution < -0.4 is 0 Å². The molecule has 9 heavy (non-hydrogen) atoms. The number of fused-ring (bicyclic) bond motifs is 1. The average Bonchev–Trinajstić information content (AvgIpc) is 2.33. The Bertz CT molecular complexity index is 239. The predicted octanol–water partition coefficient (Wildman–Crippen LogP) is 0.251. The van der Waals surface area contributed by atoms with Crippen molar-refractivity contribution in [1.29, 1.82) is 0 Å². The second kappa shape index (κ2) is 1.93. The summed E-state index contributed by atoms with van der Waals surface area (Å²) in [6.45, 7) is 0. The van der Waals surface area contributed by atoms with E-state index in [9.17, 15) is 0 Å². The van der Waals surface area contributed by atoms with Crippen LogP contribution in [0.3, 0.4) is 0 Å². The minimum atomic E-state index is -0.275. The van der Waals surface area contributed by atoms with Gasteiger partial charge < -0.3 is 0 Å². The molecular formula is C4H2IN4+. The van der Waals surface area contributed by atoms with Gasteiger partial charge >= 0.3 is 31.1 Å². The molecule has 0 radical (unpaired) electrons. The zero-order chi connectivity index (χ0) is 6.10. The van der Waals surface area contributed by atoms with Crippen LogP contribution >= 0.6 is 21.0 Å². The Morgan fingerprint density at radius 3 is 3.44 bits per heavy atom. The van der Waals surface area contributed by atoms with E-state index >= 15 is 0 Å².